The minimum absolute atomic E-state index is 0.220. The Morgan fingerprint density at radius 2 is 1.63 bits per heavy atom. The van der Waals surface area contributed by atoms with Crippen LogP contribution in [0.4, 0.5) is 9.80 Å². The average Bonchev–Trinajstić information content (AvgIpc) is 2.94. The number of thiophene rings is 1. The first-order valence-corrected chi connectivity index (χ1v) is 11.4. The maximum absolute atomic E-state index is 12.8. The Bertz CT molecular complexity index is 735. The van der Waals surface area contributed by atoms with Gasteiger partial charge in [-0.2, -0.15) is 0 Å². The third-order valence-electron chi connectivity index (χ3n) is 4.39. The number of carbonyl (C=O) groups excluding carboxylic acids is 3. The fourth-order valence-corrected chi connectivity index (χ4v) is 4.05. The van der Waals surface area contributed by atoms with E-state index >= 15 is 0 Å². The summed E-state index contributed by atoms with van der Waals surface area (Å²) in [5.41, 5.74) is 0.0584. The number of rotatable bonds is 10. The Morgan fingerprint density at radius 3 is 2.20 bits per heavy atom. The zero-order valence-corrected chi connectivity index (χ0v) is 20.3. The largest absolute Gasteiger partial charge is 0.456 e. The lowest BCUT2D eigenvalue weighted by Crippen LogP contribution is -2.30. The molecule has 0 aliphatic heterocycles. The minimum Gasteiger partial charge on any atom is -0.456 e. The lowest BCUT2D eigenvalue weighted by molar-refractivity contribution is 0.00705. The maximum atomic E-state index is 12.8. The highest BCUT2D eigenvalue weighted by Gasteiger charge is 2.29. The molecule has 170 valence electrons. The molecule has 0 atom stereocenters. The highest BCUT2D eigenvalue weighted by atomic mass is 32.1. The number of anilines is 1. The van der Waals surface area contributed by atoms with Crippen molar-refractivity contribution in [1.29, 1.82) is 0 Å². The number of carbonyl (C=O) groups is 3. The monoisotopic (exact) mass is 439 g/mol. The van der Waals surface area contributed by atoms with Crippen LogP contribution in [0, 0.1) is 6.92 Å². The fourth-order valence-electron chi connectivity index (χ4n) is 2.84. The van der Waals surface area contributed by atoms with Gasteiger partial charge in [-0.15, -0.1) is 11.3 Å². The highest BCUT2D eigenvalue weighted by Crippen LogP contribution is 2.35. The fraction of sp³-hybridized carbons (Fsp3) is 0.682. The number of ether oxygens (including phenoxy) is 1. The van der Waals surface area contributed by atoms with E-state index in [1.165, 1.54) is 30.6 Å². The van der Waals surface area contributed by atoms with Crippen LogP contribution in [0.1, 0.15) is 91.8 Å². The number of unbranched alkanes of at least 4 members (excludes halogenated alkanes) is 5. The van der Waals surface area contributed by atoms with Crippen molar-refractivity contribution in [2.45, 2.75) is 78.7 Å². The summed E-state index contributed by atoms with van der Waals surface area (Å²) < 4.78 is 5.50. The van der Waals surface area contributed by atoms with Crippen LogP contribution < -0.4 is 10.6 Å². The summed E-state index contributed by atoms with van der Waals surface area (Å²) >= 11 is 1.09. The van der Waals surface area contributed by atoms with Crippen LogP contribution >= 0.6 is 11.3 Å². The first-order chi connectivity index (χ1) is 14.0. The topological polar surface area (TPSA) is 87.7 Å². The molecule has 30 heavy (non-hydrogen) atoms. The van der Waals surface area contributed by atoms with Gasteiger partial charge in [-0.05, 0) is 39.7 Å². The predicted molar refractivity (Wildman–Crippen MR) is 123 cm³/mol. The molecular weight excluding hydrogens is 402 g/mol. The molecule has 1 rings (SSSR count). The number of nitrogens with zero attached hydrogens (tertiary/aromatic N) is 1. The van der Waals surface area contributed by atoms with Gasteiger partial charge in [-0.25, -0.2) is 9.59 Å². The van der Waals surface area contributed by atoms with Gasteiger partial charge >= 0.3 is 12.0 Å². The second-order valence-corrected chi connectivity index (χ2v) is 9.63. The van der Waals surface area contributed by atoms with Crippen LogP contribution in [0.25, 0.3) is 0 Å². The van der Waals surface area contributed by atoms with Gasteiger partial charge in [-0.1, -0.05) is 39.0 Å². The molecule has 1 heterocycles. The quantitative estimate of drug-likeness (QED) is 0.388. The molecular formula is C22H37N3O4S. The first kappa shape index (κ1) is 25.9. The summed E-state index contributed by atoms with van der Waals surface area (Å²) in [6.07, 6.45) is 6.82. The van der Waals surface area contributed by atoms with Crippen LogP contribution in [0.2, 0.25) is 0 Å². The van der Waals surface area contributed by atoms with E-state index in [9.17, 15) is 14.4 Å². The average molecular weight is 440 g/mol. The standard InChI is InChI=1S/C22H37N3O4S/c1-8-9-10-11-12-13-14-23-21(28)24-18-16(20(27)29-22(3,4)5)15(2)17(30-18)19(26)25(6)7/h8-14H2,1-7H3,(H2,23,24,28). The van der Waals surface area contributed by atoms with Gasteiger partial charge < -0.3 is 15.0 Å². The molecule has 8 heteroatoms. The zero-order chi connectivity index (χ0) is 22.9. The molecule has 7 nitrogen and oxygen atoms in total. The lowest BCUT2D eigenvalue weighted by Gasteiger charge is -2.20. The molecule has 0 aliphatic rings. The van der Waals surface area contributed by atoms with Crippen molar-refractivity contribution >= 4 is 34.2 Å². The Hall–Kier alpha value is -2.09. The maximum Gasteiger partial charge on any atom is 0.341 e. The van der Waals surface area contributed by atoms with Gasteiger partial charge in [0.15, 0.2) is 0 Å². The molecule has 2 N–H and O–H groups in total. The summed E-state index contributed by atoms with van der Waals surface area (Å²) in [7, 11) is 3.30. The van der Waals surface area contributed by atoms with Crippen LogP contribution in [-0.4, -0.2) is 49.0 Å². The van der Waals surface area contributed by atoms with E-state index in [4.69, 9.17) is 4.74 Å². The van der Waals surface area contributed by atoms with Gasteiger partial charge in [0.2, 0.25) is 0 Å². The Morgan fingerprint density at radius 1 is 1.03 bits per heavy atom. The molecule has 0 saturated heterocycles. The van der Waals surface area contributed by atoms with Crippen molar-refractivity contribution in [3.05, 3.63) is 16.0 Å². The van der Waals surface area contributed by atoms with E-state index in [0.717, 1.165) is 24.2 Å². The number of nitrogens with one attached hydrogen (secondary N) is 2. The number of hydrogen-bond acceptors (Lipinski definition) is 5. The van der Waals surface area contributed by atoms with Gasteiger partial charge in [-0.3, -0.25) is 10.1 Å². The van der Waals surface area contributed by atoms with Crippen molar-refractivity contribution in [3.63, 3.8) is 0 Å². The molecule has 0 spiro atoms. The summed E-state index contributed by atoms with van der Waals surface area (Å²) in [6, 6.07) is -0.390. The molecule has 0 aromatic carbocycles. The van der Waals surface area contributed by atoms with Crippen molar-refractivity contribution in [2.75, 3.05) is 26.0 Å². The molecule has 0 unspecified atom stereocenters. The third-order valence-corrected chi connectivity index (χ3v) is 5.59. The van der Waals surface area contributed by atoms with Crippen LogP contribution in [-0.2, 0) is 4.74 Å². The van der Waals surface area contributed by atoms with Crippen LogP contribution in [0.3, 0.4) is 0 Å². The van der Waals surface area contributed by atoms with Gasteiger partial charge in [0.25, 0.3) is 5.91 Å². The van der Waals surface area contributed by atoms with Gasteiger partial charge in [0.1, 0.15) is 10.6 Å². The Labute approximate surface area is 184 Å². The smallest absolute Gasteiger partial charge is 0.341 e. The molecule has 0 aliphatic carbocycles. The van der Waals surface area contributed by atoms with Crippen molar-refractivity contribution in [2.24, 2.45) is 0 Å². The summed E-state index contributed by atoms with van der Waals surface area (Å²) in [5, 5.41) is 5.89. The lowest BCUT2D eigenvalue weighted by atomic mass is 10.1. The molecule has 3 amide bonds. The summed E-state index contributed by atoms with van der Waals surface area (Å²) in [6.45, 7) is 9.77. The van der Waals surface area contributed by atoms with Gasteiger partial charge in [0.05, 0.1) is 10.4 Å². The number of amides is 3. The SMILES string of the molecule is CCCCCCCCNC(=O)Nc1sc(C(=O)N(C)C)c(C)c1C(=O)OC(C)(C)C. The molecule has 1 aromatic rings. The molecule has 1 aromatic heterocycles. The third kappa shape index (κ3) is 8.34. The first-order valence-electron chi connectivity index (χ1n) is 10.6. The molecule has 0 saturated carbocycles. The number of esters is 1. The van der Waals surface area contributed by atoms with E-state index < -0.39 is 17.6 Å². The second kappa shape index (κ2) is 11.9. The van der Waals surface area contributed by atoms with Crippen molar-refractivity contribution < 1.29 is 19.1 Å². The van der Waals surface area contributed by atoms with E-state index in [0.29, 0.717) is 22.0 Å². The molecule has 0 bridgehead atoms. The number of hydrogen-bond donors (Lipinski definition) is 2. The van der Waals surface area contributed by atoms with E-state index in [-0.39, 0.29) is 11.5 Å². The van der Waals surface area contributed by atoms with E-state index in [1.807, 2.05) is 0 Å². The highest BCUT2D eigenvalue weighted by molar-refractivity contribution is 7.18. The molecule has 0 fully saturated rings. The minimum atomic E-state index is -0.686. The zero-order valence-electron chi connectivity index (χ0n) is 19.4. The number of urea groups is 1. The Balaban J connectivity index is 2.88. The molecule has 0 radical (unpaired) electrons. The normalized spacial score (nSPS) is 11.2. The predicted octanol–water partition coefficient (Wildman–Crippen LogP) is 5.20. The van der Waals surface area contributed by atoms with Crippen LogP contribution in [0.15, 0.2) is 0 Å². The summed E-state index contributed by atoms with van der Waals surface area (Å²) in [5.74, 6) is -0.775. The van der Waals surface area contributed by atoms with Crippen molar-refractivity contribution in [3.8, 4) is 0 Å². The van der Waals surface area contributed by atoms with Crippen molar-refractivity contribution in [1.82, 2.24) is 10.2 Å². The second-order valence-electron chi connectivity index (χ2n) is 8.61. The van der Waals surface area contributed by atoms with E-state index in [2.05, 4.69) is 17.6 Å². The summed E-state index contributed by atoms with van der Waals surface area (Å²) in [4.78, 5) is 39.5. The Kier molecular flexibility index (Phi) is 10.3. The van der Waals surface area contributed by atoms with Gasteiger partial charge in [0, 0.05) is 20.6 Å². The van der Waals surface area contributed by atoms with E-state index in [1.54, 1.807) is 41.8 Å². The van der Waals surface area contributed by atoms with Crippen LogP contribution in [0.5, 0.6) is 0 Å².